The summed E-state index contributed by atoms with van der Waals surface area (Å²) in [4.78, 5) is 0. The zero-order chi connectivity index (χ0) is 98.1. The molecule has 22 rings (SSSR count). The number of aryl methyl sites for hydroxylation is 2. The van der Waals surface area contributed by atoms with Crippen molar-refractivity contribution < 1.29 is 49.4 Å². The average molecular weight is 2220 g/mol. The van der Waals surface area contributed by atoms with Crippen molar-refractivity contribution in [3.63, 3.8) is 0 Å². The van der Waals surface area contributed by atoms with Gasteiger partial charge in [0.1, 0.15) is 23.0 Å². The van der Waals surface area contributed by atoms with Crippen LogP contribution in [0.1, 0.15) is 67.2 Å². The molecule has 142 heavy (non-hydrogen) atoms. The summed E-state index contributed by atoms with van der Waals surface area (Å²) in [5.41, 5.74) is 14.2. The molecule has 18 aromatic rings. The van der Waals surface area contributed by atoms with Crippen molar-refractivity contribution >= 4 is 171 Å². The predicted octanol–water partition coefficient (Wildman–Crippen LogP) is 33.0. The van der Waals surface area contributed by atoms with E-state index in [4.69, 9.17) is 24.8 Å². The van der Waals surface area contributed by atoms with E-state index in [9.17, 15) is 8.76 Å². The number of ether oxygens (including phenoxy) is 2. The zero-order valence-electron chi connectivity index (χ0n) is 81.5. The molecule has 0 radical (unpaired) electrons. The van der Waals surface area contributed by atoms with Gasteiger partial charge in [0.05, 0.1) is 16.5 Å². The molecule has 0 bridgehead atoms. The summed E-state index contributed by atoms with van der Waals surface area (Å²) in [5, 5.41) is 28.7. The summed E-state index contributed by atoms with van der Waals surface area (Å²) in [6, 6.07) is 159. The van der Waals surface area contributed by atoms with Gasteiger partial charge >= 0.3 is 29.2 Å². The number of hydrogen-bond donors (Lipinski definition) is 1. The molecule has 16 aromatic carbocycles. The third kappa shape index (κ3) is 29.6. The Labute approximate surface area is 885 Å². The largest absolute Gasteiger partial charge is 2.00 e. The minimum atomic E-state index is -3.09. The van der Waals surface area contributed by atoms with Crippen LogP contribution in [-0.2, 0) is 33.4 Å². The van der Waals surface area contributed by atoms with Crippen LogP contribution in [0.4, 0.5) is 4.20 Å². The van der Waals surface area contributed by atoms with E-state index in [2.05, 4.69) is 409 Å². The Hall–Kier alpha value is -9.19. The summed E-state index contributed by atoms with van der Waals surface area (Å²) in [7, 11) is -5.34. The molecule has 0 saturated heterocycles. The second-order valence-corrected chi connectivity index (χ2v) is 53.1. The number of rotatable bonds is 17. The third-order valence-electron chi connectivity index (χ3n) is 24.4. The maximum atomic E-state index is 12.1. The number of fused-ring (bicyclic) bond motifs is 6. The quantitative estimate of drug-likeness (QED) is 0.0421. The molecule has 2 fully saturated rings. The second-order valence-electron chi connectivity index (χ2n) is 33.6. The van der Waals surface area contributed by atoms with Gasteiger partial charge in [0.2, 0.25) is 6.79 Å². The number of benzene rings is 16. The first-order chi connectivity index (χ1) is 69.0. The maximum absolute atomic E-state index is 12.1. The van der Waals surface area contributed by atoms with Crippen LogP contribution in [0.5, 0.6) is 23.0 Å². The van der Waals surface area contributed by atoms with Gasteiger partial charge in [-0.3, -0.25) is 0 Å². The van der Waals surface area contributed by atoms with Gasteiger partial charge in [-0.25, -0.2) is 8.76 Å². The van der Waals surface area contributed by atoms with Crippen LogP contribution in [0.3, 0.4) is 0 Å². The molecule has 2 saturated carbocycles. The van der Waals surface area contributed by atoms with E-state index in [0.717, 1.165) is 45.1 Å². The third-order valence-corrected chi connectivity index (χ3v) is 44.3. The Morgan fingerprint density at radius 3 is 0.958 bits per heavy atom. The van der Waals surface area contributed by atoms with Gasteiger partial charge in [0.25, 0.3) is 0 Å². The SMILES string of the molecule is CP1(=O)Oc2ccccc2-c2ccccc2O1.Cc1cp(-c2ccccc2)c(-c2c(C)c(C)cp2-c2ccccc2)c1C.OB(I)P=S.[2H]P(F)P.[CH3-].[Fe+2].c1ccc(P(c2ccccc2)C2CCCC2)cc1.c1ccc(P(c2ccccc2)C2[CH-]CCC2)cc1.c1ccc(P(c2ccccc2)c2ccccc2-c2ccccc2P(c2ccccc2)c2ccccc2)cc1.c1ccc2c(c1)OCOc1ccccc1-2. The van der Waals surface area contributed by atoms with Crippen molar-refractivity contribution in [3.8, 4) is 77.6 Å². The molecule has 718 valence electrons. The molecule has 4 aliphatic rings. The minimum absolute atomic E-state index is 0. The molecule has 0 spiro atoms. The Morgan fingerprint density at radius 1 is 0.408 bits per heavy atom. The van der Waals surface area contributed by atoms with Gasteiger partial charge in [-0.2, -0.15) is 6.42 Å². The Morgan fingerprint density at radius 2 is 0.662 bits per heavy atom. The van der Waals surface area contributed by atoms with Crippen molar-refractivity contribution in [3.05, 3.63) is 497 Å². The molecule has 5 unspecified atom stereocenters. The fourth-order valence-corrected chi connectivity index (χ4v) is 35.5. The molecule has 1 N–H and O–H groups in total. The normalized spacial score (nSPS) is 13.8. The molecule has 2 aromatic heterocycles. The van der Waals surface area contributed by atoms with Gasteiger partial charge < -0.3 is 37.4 Å². The zero-order valence-corrected chi connectivity index (χ0v) is 93.7. The van der Waals surface area contributed by atoms with E-state index < -0.39 is 47.0 Å². The summed E-state index contributed by atoms with van der Waals surface area (Å²) < 4.78 is 50.4. The van der Waals surface area contributed by atoms with E-state index >= 15 is 0 Å². The Balaban J connectivity index is 0.000000145. The van der Waals surface area contributed by atoms with Crippen molar-refractivity contribution in [2.75, 3.05) is 13.5 Å². The summed E-state index contributed by atoms with van der Waals surface area (Å²) in [6.45, 7) is 10.9. The average Bonchev–Trinajstić information content (AvgIpc) is 1.48. The Bertz CT molecular complexity index is 6420. The second kappa shape index (κ2) is 57.1. The number of halogens is 2. The van der Waals surface area contributed by atoms with Crippen molar-refractivity contribution in [1.29, 1.82) is 1.28 Å². The van der Waals surface area contributed by atoms with Crippen molar-refractivity contribution in [2.24, 2.45) is 0 Å². The van der Waals surface area contributed by atoms with Crippen LogP contribution in [0.15, 0.2) is 461 Å². The van der Waals surface area contributed by atoms with Crippen LogP contribution >= 0.6 is 101 Å². The first kappa shape index (κ1) is 109. The summed E-state index contributed by atoms with van der Waals surface area (Å²) in [6.07, 6.45) is 12.2. The minimum Gasteiger partial charge on any atom is -0.457 e. The molecule has 0 amide bonds. The molecule has 2 aliphatic carbocycles. The number of hydrogen-bond acceptors (Lipinski definition) is 7. The Kier molecular flexibility index (Phi) is 43.6. The van der Waals surface area contributed by atoms with Gasteiger partial charge in [-0.15, -0.1) is 5.66 Å². The first-order valence-corrected chi connectivity index (χ1v) is 63.0. The van der Waals surface area contributed by atoms with E-state index in [1.165, 1.54) is 138 Å². The molecule has 6 nitrogen and oxygen atoms in total. The van der Waals surface area contributed by atoms with Gasteiger partial charge in [0.15, 0.2) is 0 Å². The van der Waals surface area contributed by atoms with Crippen LogP contribution in [0.25, 0.3) is 54.6 Å². The standard InChI is InChI=1S/C36H28P2.C24H24P2.C17H19P.C17H18P.C13H11O3P.C13H10O2.CH3.BHIOPS.FH3P2.Fe/c1-5-17-29(18-6-1)37(30-19-7-2-8-20-30)35-27-15-13-25-33(35)34-26-14-16-28-36(34)38(31-21-9-3-10-22-31)32-23-11-4-12-24-32;1-17-15-25(21-11-7-5-8-12-21)23(19(17)3)24-20(4)18(2)16-26(24)22-13-9-6-10-14-22;2*1-3-9-15(10-4-1)18(17-13-7-8-14-17)16-11-5-2-6-12-16;1-17(14)15-12-8-4-2-6-10(12)11-7-3-5-9-13(11)16-17;1-3-7-12-10(5-1)11-6-2-4-8-13(11)15-9-14-12;;2-1(3)4-5;1-3-2;/h1-28H;5-16H,1-4H3;1-6,9-12,17H,7-8,13-14H2;1-6,9-13,17H,7-8,14H2;2-9H,1H3;1-8H,9H2;1H3;3H;3H,2H2;/q;;;-1;;;-1;;;+2/i;;;;;;;;3D;. The molecule has 21 heteroatoms. The van der Waals surface area contributed by atoms with Crippen molar-refractivity contribution in [1.82, 2.24) is 0 Å². The number of para-hydroxylation sites is 4. The van der Waals surface area contributed by atoms with Gasteiger partial charge in [-0.1, -0.05) is 516 Å². The molecular weight excluding hydrogens is 2100 g/mol. The van der Waals surface area contributed by atoms with Gasteiger partial charge in [0, 0.05) is 32.8 Å². The predicted molar refractivity (Wildman–Crippen MR) is 637 cm³/mol. The first-order valence-electron chi connectivity index (χ1n) is 47.5. The van der Waals surface area contributed by atoms with Crippen LogP contribution < -0.4 is 71.6 Å². The molecule has 2 aliphatic heterocycles. The van der Waals surface area contributed by atoms with Gasteiger partial charge in [-0.05, 0) is 210 Å². The van der Waals surface area contributed by atoms with Crippen LogP contribution in [0.2, 0.25) is 0 Å². The molecule has 4 heterocycles. The fraction of sp³-hybridized carbons (Fsp3) is 0.124. The van der Waals surface area contributed by atoms with E-state index in [-0.39, 0.29) is 51.6 Å². The summed E-state index contributed by atoms with van der Waals surface area (Å²) in [5.74, 6) is 7.99. The smallest absolute Gasteiger partial charge is 0.457 e. The van der Waals surface area contributed by atoms with E-state index in [1.807, 2.05) is 107 Å². The fourth-order valence-electron chi connectivity index (χ4n) is 17.9. The van der Waals surface area contributed by atoms with Crippen LogP contribution in [0, 0.1) is 41.5 Å². The molecule has 5 atom stereocenters. The monoisotopic (exact) mass is 2220 g/mol. The van der Waals surface area contributed by atoms with E-state index in [0.29, 0.717) is 18.7 Å². The maximum Gasteiger partial charge on any atom is 2.00 e. The topological polar surface area (TPSA) is 74.2 Å². The van der Waals surface area contributed by atoms with Crippen molar-refractivity contribution in [2.45, 2.75) is 84.0 Å². The van der Waals surface area contributed by atoms with Crippen LogP contribution in [-0.4, -0.2) is 35.6 Å². The molecular formula is C121H117BFFeIO6P10S. The summed E-state index contributed by atoms with van der Waals surface area (Å²) >= 11 is 6.24. The van der Waals surface area contributed by atoms with E-state index in [1.54, 1.807) is 42.3 Å².